The number of nitrogens with two attached hydrogens (primary N) is 1. The van der Waals surface area contributed by atoms with Crippen molar-refractivity contribution in [3.05, 3.63) is 23.8 Å². The molecule has 0 radical (unpaired) electrons. The van der Waals surface area contributed by atoms with Crippen LogP contribution in [-0.4, -0.2) is 54.2 Å². The molecule has 2 N–H and O–H groups in total. The Bertz CT molecular complexity index is 989. The Hall–Kier alpha value is -3.34. The van der Waals surface area contributed by atoms with Crippen LogP contribution >= 0.6 is 0 Å². The number of hydrogen-bond donors (Lipinski definition) is 1. The first-order chi connectivity index (χ1) is 18.1. The quantitative estimate of drug-likeness (QED) is 0.183. The molecule has 11 nitrogen and oxygen atoms in total. The van der Waals surface area contributed by atoms with Gasteiger partial charge in [-0.15, -0.1) is 0 Å². The summed E-state index contributed by atoms with van der Waals surface area (Å²) in [7, 11) is 0. The molecule has 0 aromatic heterocycles. The van der Waals surface area contributed by atoms with Gasteiger partial charge >= 0.3 is 24.2 Å². The van der Waals surface area contributed by atoms with Crippen LogP contribution in [0.1, 0.15) is 86.6 Å². The maximum Gasteiger partial charge on any atom is 0.514 e. The minimum atomic E-state index is -1.07. The third-order valence-electron chi connectivity index (χ3n) is 5.83. The molecule has 1 aromatic rings. The van der Waals surface area contributed by atoms with Crippen LogP contribution in [0.25, 0.3) is 0 Å². The lowest BCUT2D eigenvalue weighted by atomic mass is 10.1. The van der Waals surface area contributed by atoms with Crippen molar-refractivity contribution in [1.82, 2.24) is 0 Å². The maximum atomic E-state index is 12.5. The van der Waals surface area contributed by atoms with Crippen LogP contribution in [-0.2, 0) is 35.0 Å². The number of ether oxygens (including phenoxy) is 6. The summed E-state index contributed by atoms with van der Waals surface area (Å²) in [5.74, 6) is -1.28. The largest absolute Gasteiger partial charge is 0.514 e. The first-order valence-electron chi connectivity index (χ1n) is 13.2. The van der Waals surface area contributed by atoms with Gasteiger partial charge in [0.2, 0.25) is 0 Å². The predicted molar refractivity (Wildman–Crippen MR) is 143 cm³/mol. The van der Waals surface area contributed by atoms with Gasteiger partial charge in [0.1, 0.15) is 30.0 Å². The molecule has 1 aromatic carbocycles. The van der Waals surface area contributed by atoms with Gasteiger partial charge in [0, 0.05) is 6.42 Å². The van der Waals surface area contributed by atoms with Crippen LogP contribution in [0.3, 0.4) is 0 Å². The highest BCUT2D eigenvalue weighted by atomic mass is 16.8. The van der Waals surface area contributed by atoms with E-state index >= 15 is 0 Å². The normalized spacial score (nSPS) is 13.1. The number of benzene rings is 1. The summed E-state index contributed by atoms with van der Waals surface area (Å²) in [5, 5.41) is 0. The molecule has 0 unspecified atom stereocenters. The number of rotatable bonds is 14. The summed E-state index contributed by atoms with van der Waals surface area (Å²) in [6.07, 6.45) is -0.624. The van der Waals surface area contributed by atoms with Crippen molar-refractivity contribution in [3.8, 4) is 11.5 Å². The number of carbonyl (C=O) groups is 4. The molecular formula is C28H43NO10. The van der Waals surface area contributed by atoms with Crippen molar-refractivity contribution in [2.45, 2.75) is 111 Å². The van der Waals surface area contributed by atoms with E-state index in [1.807, 2.05) is 20.8 Å². The highest BCUT2D eigenvalue weighted by Crippen LogP contribution is 2.31. The number of carbonyl (C=O) groups excluding carboxylic acids is 4. The second-order valence-electron chi connectivity index (χ2n) is 10.4. The van der Waals surface area contributed by atoms with Crippen LogP contribution in [0, 0.1) is 0 Å². The summed E-state index contributed by atoms with van der Waals surface area (Å²) in [5.41, 5.74) is 4.98. The summed E-state index contributed by atoms with van der Waals surface area (Å²) in [6, 6.07) is 3.30. The van der Waals surface area contributed by atoms with Crippen LogP contribution in [0.5, 0.6) is 11.5 Å². The molecule has 0 aliphatic carbocycles. The molecule has 0 fully saturated rings. The maximum absolute atomic E-state index is 12.5. The fourth-order valence-electron chi connectivity index (χ4n) is 2.80. The molecule has 39 heavy (non-hydrogen) atoms. The summed E-state index contributed by atoms with van der Waals surface area (Å²) in [6.45, 7) is 14.0. The Morgan fingerprint density at radius 3 is 1.92 bits per heavy atom. The van der Waals surface area contributed by atoms with Gasteiger partial charge in [0.25, 0.3) is 0 Å². The molecule has 11 heteroatoms. The average Bonchev–Trinajstić information content (AvgIpc) is 2.83. The molecule has 1 rings (SSSR count). The van der Waals surface area contributed by atoms with Crippen molar-refractivity contribution < 1.29 is 47.6 Å². The van der Waals surface area contributed by atoms with E-state index in [4.69, 9.17) is 34.2 Å². The summed E-state index contributed by atoms with van der Waals surface area (Å²) >= 11 is 0. The smallest absolute Gasteiger partial charge is 0.462 e. The Morgan fingerprint density at radius 1 is 0.872 bits per heavy atom. The molecule has 0 heterocycles. The molecule has 220 valence electrons. The molecule has 0 amide bonds. The van der Waals surface area contributed by atoms with Crippen LogP contribution in [0.2, 0.25) is 0 Å². The Labute approximate surface area is 230 Å². The summed E-state index contributed by atoms with van der Waals surface area (Å²) in [4.78, 5) is 48.8. The van der Waals surface area contributed by atoms with Crippen molar-refractivity contribution in [2.24, 2.45) is 5.73 Å². The predicted octanol–water partition coefficient (Wildman–Crippen LogP) is 5.24. The second kappa shape index (κ2) is 15.3. The van der Waals surface area contributed by atoms with Gasteiger partial charge in [-0.1, -0.05) is 26.8 Å². The zero-order chi connectivity index (χ0) is 29.8. The van der Waals surface area contributed by atoms with Crippen LogP contribution in [0.15, 0.2) is 18.2 Å². The lowest BCUT2D eigenvalue weighted by Crippen LogP contribution is -2.37. The molecule has 0 aliphatic rings. The first-order valence-corrected chi connectivity index (χ1v) is 13.2. The van der Waals surface area contributed by atoms with E-state index in [0.717, 1.165) is 0 Å². The molecule has 2 atom stereocenters. The van der Waals surface area contributed by atoms with Gasteiger partial charge in [-0.05, 0) is 78.0 Å². The van der Waals surface area contributed by atoms with Crippen molar-refractivity contribution in [3.63, 3.8) is 0 Å². The minimum Gasteiger partial charge on any atom is -0.462 e. The third kappa shape index (κ3) is 12.8. The van der Waals surface area contributed by atoms with E-state index in [9.17, 15) is 19.2 Å². The topological polar surface area (TPSA) is 150 Å². The van der Waals surface area contributed by atoms with Gasteiger partial charge in [0.05, 0.1) is 0 Å². The highest BCUT2D eigenvalue weighted by Gasteiger charge is 2.27. The van der Waals surface area contributed by atoms with Crippen molar-refractivity contribution in [1.29, 1.82) is 0 Å². The zero-order valence-electron chi connectivity index (χ0n) is 24.3. The second-order valence-corrected chi connectivity index (χ2v) is 10.4. The lowest BCUT2D eigenvalue weighted by Gasteiger charge is -2.24. The monoisotopic (exact) mass is 553 g/mol. The molecular weight excluding hydrogens is 510 g/mol. The van der Waals surface area contributed by atoms with Crippen LogP contribution < -0.4 is 15.2 Å². The van der Waals surface area contributed by atoms with E-state index in [1.54, 1.807) is 40.7 Å². The fraction of sp³-hybridized carbons (Fsp3) is 0.643. The minimum absolute atomic E-state index is 0.0145. The van der Waals surface area contributed by atoms with E-state index in [2.05, 4.69) is 0 Å². The van der Waals surface area contributed by atoms with Gasteiger partial charge < -0.3 is 34.2 Å². The lowest BCUT2D eigenvalue weighted by molar-refractivity contribution is -0.159. The Kier molecular flexibility index (Phi) is 13.2. The summed E-state index contributed by atoms with van der Waals surface area (Å²) < 4.78 is 31.7. The number of hydrogen-bond acceptors (Lipinski definition) is 11. The number of esters is 2. The zero-order valence-corrected chi connectivity index (χ0v) is 24.3. The molecule has 0 bridgehead atoms. The van der Waals surface area contributed by atoms with E-state index in [0.29, 0.717) is 24.8 Å². The highest BCUT2D eigenvalue weighted by molar-refractivity contribution is 5.76. The van der Waals surface area contributed by atoms with Gasteiger partial charge in [-0.3, -0.25) is 9.59 Å². The van der Waals surface area contributed by atoms with E-state index in [1.165, 1.54) is 12.1 Å². The van der Waals surface area contributed by atoms with Gasteiger partial charge in [-0.25, -0.2) is 9.59 Å². The molecule has 0 saturated carbocycles. The first kappa shape index (κ1) is 33.7. The Balaban J connectivity index is 3.01. The Morgan fingerprint density at radius 2 is 1.41 bits per heavy atom. The van der Waals surface area contributed by atoms with E-state index < -0.39 is 41.6 Å². The SMILES string of the molecule is CCCC(=O)OC[C@H](C)OC(=O)[C@@H](N)Cc1ccc(OC(=O)OC(C)(C)CC)c(OC(=O)OC(C)(C)CC)c1. The van der Waals surface area contributed by atoms with Gasteiger partial charge in [0.15, 0.2) is 11.5 Å². The molecule has 0 saturated heterocycles. The standard InChI is InChI=1S/C28H43NO10/c1-9-12-23(30)34-17-18(4)35-24(31)20(29)15-19-13-14-21(36-25(32)38-27(5,6)10-2)22(16-19)37-26(33)39-28(7,8)11-3/h13-14,16,18,20H,9-12,15,17,29H2,1-8H3/t18-,20-/m0/s1. The average molecular weight is 554 g/mol. The molecule has 0 spiro atoms. The fourth-order valence-corrected chi connectivity index (χ4v) is 2.80. The van der Waals surface area contributed by atoms with Crippen LogP contribution in [0.4, 0.5) is 9.59 Å². The van der Waals surface area contributed by atoms with Crippen molar-refractivity contribution >= 4 is 24.2 Å². The molecule has 0 aliphatic heterocycles. The van der Waals surface area contributed by atoms with Gasteiger partial charge in [-0.2, -0.15) is 0 Å². The van der Waals surface area contributed by atoms with Crippen molar-refractivity contribution in [2.75, 3.05) is 6.61 Å². The van der Waals surface area contributed by atoms with E-state index in [-0.39, 0.29) is 36.9 Å². The third-order valence-corrected chi connectivity index (χ3v) is 5.83.